The van der Waals surface area contributed by atoms with E-state index >= 15 is 0 Å². The Balaban J connectivity index is 1.69. The van der Waals surface area contributed by atoms with Crippen LogP contribution in [-0.4, -0.2) is 61.1 Å². The average Bonchev–Trinajstić information content (AvgIpc) is 2.80. The Kier molecular flexibility index (Phi) is 7.33. The minimum Gasteiger partial charge on any atom is -0.481 e. The normalized spacial score (nSPS) is 11.6. The van der Waals surface area contributed by atoms with Gasteiger partial charge in [0, 0.05) is 24.7 Å². The van der Waals surface area contributed by atoms with Gasteiger partial charge in [-0.1, -0.05) is 0 Å². The van der Waals surface area contributed by atoms with Crippen molar-refractivity contribution in [2.75, 3.05) is 23.1 Å². The Morgan fingerprint density at radius 2 is 1.82 bits per heavy atom. The first kappa shape index (κ1) is 24.1. The molecule has 1 atom stereocenters. The third-order valence-corrected chi connectivity index (χ3v) is 4.83. The molecule has 3 rings (SSSR count). The van der Waals surface area contributed by atoms with Gasteiger partial charge < -0.3 is 31.6 Å². The molecule has 34 heavy (non-hydrogen) atoms. The second-order valence-electron chi connectivity index (χ2n) is 7.31. The maximum absolute atomic E-state index is 12.4. The van der Waals surface area contributed by atoms with Crippen molar-refractivity contribution in [3.05, 3.63) is 41.7 Å². The van der Waals surface area contributed by atoms with E-state index in [1.165, 1.54) is 12.1 Å². The number of carbonyl (C=O) groups excluding carboxylic acids is 1. The minimum absolute atomic E-state index is 0.0142. The molecule has 0 fully saturated rings. The van der Waals surface area contributed by atoms with Crippen molar-refractivity contribution < 1.29 is 24.6 Å². The van der Waals surface area contributed by atoms with E-state index in [4.69, 9.17) is 16.7 Å². The van der Waals surface area contributed by atoms with Crippen LogP contribution >= 0.6 is 0 Å². The number of nitrogens with two attached hydrogens (primary N) is 2. The van der Waals surface area contributed by atoms with E-state index in [0.29, 0.717) is 23.4 Å². The molecule has 0 aliphatic carbocycles. The summed E-state index contributed by atoms with van der Waals surface area (Å²) < 4.78 is 0. The van der Waals surface area contributed by atoms with E-state index in [9.17, 15) is 19.5 Å². The number of hydrazine groups is 1. The number of nitrogens with zero attached hydrogens (tertiary/aromatic N) is 5. The molecular weight excluding hydrogens is 446 g/mol. The molecule has 1 unspecified atom stereocenters. The average molecular weight is 469 g/mol. The second kappa shape index (κ2) is 10.4. The van der Waals surface area contributed by atoms with E-state index in [2.05, 4.69) is 30.7 Å². The van der Waals surface area contributed by atoms with Crippen LogP contribution in [0.1, 0.15) is 28.9 Å². The Labute approximate surface area is 193 Å². The predicted octanol–water partition coefficient (Wildman–Crippen LogP) is -0.0282. The number of anilines is 3. The molecule has 0 saturated heterocycles. The zero-order valence-corrected chi connectivity index (χ0v) is 18.1. The number of benzene rings is 1. The van der Waals surface area contributed by atoms with Gasteiger partial charge in [-0.25, -0.2) is 20.6 Å². The van der Waals surface area contributed by atoms with Gasteiger partial charge in [-0.3, -0.25) is 9.59 Å². The Bertz CT molecular complexity index is 1220. The highest BCUT2D eigenvalue weighted by Crippen LogP contribution is 2.19. The molecule has 1 aromatic carbocycles. The maximum Gasteiger partial charge on any atom is 0.326 e. The molecule has 0 radical (unpaired) electrons. The van der Waals surface area contributed by atoms with Crippen LogP contribution in [0.4, 0.5) is 17.5 Å². The molecule has 1 amide bonds. The number of aromatic nitrogens is 4. The van der Waals surface area contributed by atoms with Gasteiger partial charge in [-0.2, -0.15) is 9.97 Å². The molecule has 178 valence electrons. The summed E-state index contributed by atoms with van der Waals surface area (Å²) >= 11 is 0. The van der Waals surface area contributed by atoms with Crippen molar-refractivity contribution in [3.8, 4) is 0 Å². The molecule has 14 nitrogen and oxygen atoms in total. The number of fused-ring (bicyclic) bond motifs is 1. The van der Waals surface area contributed by atoms with Gasteiger partial charge in [0.25, 0.3) is 5.91 Å². The fourth-order valence-corrected chi connectivity index (χ4v) is 3.11. The number of carboxylic acid groups (broad SMARTS) is 2. The van der Waals surface area contributed by atoms with Crippen molar-refractivity contribution in [2.24, 2.45) is 5.84 Å². The summed E-state index contributed by atoms with van der Waals surface area (Å²) in [5.41, 5.74) is 10.3. The molecule has 0 aliphatic rings. The van der Waals surface area contributed by atoms with E-state index in [1.54, 1.807) is 18.3 Å². The van der Waals surface area contributed by atoms with E-state index < -0.39 is 23.9 Å². The number of nitrogen functional groups attached to an aromatic ring is 2. The van der Waals surface area contributed by atoms with Gasteiger partial charge >= 0.3 is 11.9 Å². The third kappa shape index (κ3) is 5.80. The van der Waals surface area contributed by atoms with E-state index in [0.717, 1.165) is 5.69 Å². The van der Waals surface area contributed by atoms with Crippen molar-refractivity contribution in [1.29, 1.82) is 0 Å². The smallest absolute Gasteiger partial charge is 0.326 e. The lowest BCUT2D eigenvalue weighted by molar-refractivity contribution is -0.140. The molecule has 8 N–H and O–H groups in total. The van der Waals surface area contributed by atoms with Crippen LogP contribution in [0.3, 0.4) is 0 Å². The Morgan fingerprint density at radius 1 is 1.12 bits per heavy atom. The van der Waals surface area contributed by atoms with Crippen LogP contribution in [0.2, 0.25) is 0 Å². The van der Waals surface area contributed by atoms with Crippen LogP contribution in [0.25, 0.3) is 11.2 Å². The standard InChI is InChI=1S/C20H23N9O5/c1-29(9-11-8-23-16-15(24-11)17(28-22)27-20(21)26-16)12-4-2-10(3-5-12)18(32)25-13(19(33)34)6-7-14(30)31/h2-5,8,13H,6-7,9,22H2,1H3,(H,25,32)(H,30,31)(H,33,34)(H3,21,23,26,27,28). The largest absolute Gasteiger partial charge is 0.481 e. The Morgan fingerprint density at radius 3 is 2.44 bits per heavy atom. The molecular formula is C20H23N9O5. The first-order chi connectivity index (χ1) is 16.2. The summed E-state index contributed by atoms with van der Waals surface area (Å²) in [4.78, 5) is 53.0. The number of carboxylic acids is 2. The second-order valence-corrected chi connectivity index (χ2v) is 7.31. The fraction of sp³-hybridized carbons (Fsp3) is 0.250. The van der Waals surface area contributed by atoms with Crippen LogP contribution < -0.4 is 27.2 Å². The highest BCUT2D eigenvalue weighted by Gasteiger charge is 2.21. The minimum atomic E-state index is -1.30. The van der Waals surface area contributed by atoms with Gasteiger partial charge in [0.15, 0.2) is 17.0 Å². The molecule has 2 aromatic heterocycles. The number of rotatable bonds is 10. The number of hydrogen-bond donors (Lipinski definition) is 6. The molecule has 0 aliphatic heterocycles. The number of amides is 1. The molecule has 0 saturated carbocycles. The van der Waals surface area contributed by atoms with Crippen molar-refractivity contribution in [1.82, 2.24) is 25.3 Å². The molecule has 2 heterocycles. The summed E-state index contributed by atoms with van der Waals surface area (Å²) in [5.74, 6) is 2.68. The fourth-order valence-electron chi connectivity index (χ4n) is 3.11. The topological polar surface area (TPSA) is 223 Å². The van der Waals surface area contributed by atoms with Crippen molar-refractivity contribution in [2.45, 2.75) is 25.4 Å². The number of carbonyl (C=O) groups is 3. The predicted molar refractivity (Wildman–Crippen MR) is 122 cm³/mol. The van der Waals surface area contributed by atoms with Gasteiger partial charge in [0.2, 0.25) is 5.95 Å². The summed E-state index contributed by atoms with van der Waals surface area (Å²) in [6, 6.07) is 5.15. The van der Waals surface area contributed by atoms with Crippen molar-refractivity contribution >= 4 is 46.5 Å². The molecule has 3 aromatic rings. The monoisotopic (exact) mass is 469 g/mol. The number of nitrogens with one attached hydrogen (secondary N) is 2. The number of aliphatic carboxylic acids is 2. The molecule has 14 heteroatoms. The summed E-state index contributed by atoms with van der Waals surface area (Å²) in [6.45, 7) is 0.360. The Hall–Kier alpha value is -4.59. The van der Waals surface area contributed by atoms with Crippen LogP contribution in [0.15, 0.2) is 30.5 Å². The maximum atomic E-state index is 12.4. The third-order valence-electron chi connectivity index (χ3n) is 4.83. The zero-order chi connectivity index (χ0) is 24.8. The van der Waals surface area contributed by atoms with Crippen LogP contribution in [-0.2, 0) is 16.1 Å². The highest BCUT2D eigenvalue weighted by atomic mass is 16.4. The van der Waals surface area contributed by atoms with Crippen LogP contribution in [0, 0.1) is 0 Å². The highest BCUT2D eigenvalue weighted by molar-refractivity contribution is 5.97. The quantitative estimate of drug-likeness (QED) is 0.170. The first-order valence-corrected chi connectivity index (χ1v) is 10.0. The molecule has 0 spiro atoms. The first-order valence-electron chi connectivity index (χ1n) is 10.0. The van der Waals surface area contributed by atoms with E-state index in [-0.39, 0.29) is 30.2 Å². The summed E-state index contributed by atoms with van der Waals surface area (Å²) in [7, 11) is 1.81. The molecule has 0 bridgehead atoms. The van der Waals surface area contributed by atoms with Crippen LogP contribution in [0.5, 0.6) is 0 Å². The van der Waals surface area contributed by atoms with Gasteiger partial charge in [-0.05, 0) is 30.7 Å². The summed E-state index contributed by atoms with van der Waals surface area (Å²) in [6.07, 6.45) is 0.959. The van der Waals surface area contributed by atoms with E-state index in [1.807, 2.05) is 11.9 Å². The lowest BCUT2D eigenvalue weighted by Crippen LogP contribution is -2.41. The van der Waals surface area contributed by atoms with Gasteiger partial charge in [0.1, 0.15) is 6.04 Å². The summed E-state index contributed by atoms with van der Waals surface area (Å²) in [5, 5.41) is 20.3. The zero-order valence-electron chi connectivity index (χ0n) is 18.1. The number of hydrogen-bond acceptors (Lipinski definition) is 11. The van der Waals surface area contributed by atoms with Crippen molar-refractivity contribution in [3.63, 3.8) is 0 Å². The lowest BCUT2D eigenvalue weighted by atomic mass is 10.1. The lowest BCUT2D eigenvalue weighted by Gasteiger charge is -2.19. The van der Waals surface area contributed by atoms with Gasteiger partial charge in [0.05, 0.1) is 18.4 Å². The van der Waals surface area contributed by atoms with Gasteiger partial charge in [-0.15, -0.1) is 0 Å². The SMILES string of the molecule is CN(Cc1cnc2nc(N)nc(NN)c2n1)c1ccc(C(=O)NC(CCC(=O)O)C(=O)O)cc1.